The predicted octanol–water partition coefficient (Wildman–Crippen LogP) is 2.43. The minimum absolute atomic E-state index is 0. The summed E-state index contributed by atoms with van der Waals surface area (Å²) in [6.45, 7) is 4.58. The minimum Gasteiger partial charge on any atom is -0.356 e. The fraction of sp³-hybridized carbons (Fsp3) is 0.500. The van der Waals surface area contributed by atoms with Crippen LogP contribution in [0.1, 0.15) is 6.42 Å². The second-order valence-electron chi connectivity index (χ2n) is 5.50. The Morgan fingerprint density at radius 3 is 2.62 bits per heavy atom. The first-order chi connectivity index (χ1) is 12.4. The van der Waals surface area contributed by atoms with E-state index in [4.69, 9.17) is 0 Å². The van der Waals surface area contributed by atoms with Crippen molar-refractivity contribution in [1.82, 2.24) is 25.2 Å². The molecule has 10 heteroatoms. The molecule has 0 unspecified atom stereocenters. The SMILES string of the molecule is CN=C(NCCCSc1nccs1)N1CCN(c2ncccn2)CC1.I. The number of thiazole rings is 1. The van der Waals surface area contributed by atoms with Crippen LogP contribution in [0, 0.1) is 0 Å². The summed E-state index contributed by atoms with van der Waals surface area (Å²) in [5.74, 6) is 2.86. The van der Waals surface area contributed by atoms with E-state index in [0.717, 1.165) is 61.1 Å². The number of hydrogen-bond donors (Lipinski definition) is 1. The first-order valence-electron chi connectivity index (χ1n) is 8.36. The standard InChI is InChI=1S/C16H23N7S2.HI/c1-17-14(18-6-3-12-24-16-21-7-13-25-16)22-8-10-23(11-9-22)15-19-4-2-5-20-15;/h2,4-5,7,13H,3,6,8-12H2,1H3,(H,17,18);1H. The highest BCUT2D eigenvalue weighted by Gasteiger charge is 2.20. The van der Waals surface area contributed by atoms with Crippen LogP contribution in [0.2, 0.25) is 0 Å². The molecule has 0 saturated carbocycles. The highest BCUT2D eigenvalue weighted by molar-refractivity contribution is 14.0. The average Bonchev–Trinajstić information content (AvgIpc) is 3.19. The first-order valence-corrected chi connectivity index (χ1v) is 10.2. The zero-order chi connectivity index (χ0) is 17.3. The highest BCUT2D eigenvalue weighted by atomic mass is 127. The Balaban J connectivity index is 0.00000243. The zero-order valence-corrected chi connectivity index (χ0v) is 18.7. The molecular weight excluding hydrogens is 481 g/mol. The van der Waals surface area contributed by atoms with E-state index < -0.39 is 0 Å². The van der Waals surface area contributed by atoms with Gasteiger partial charge in [0.1, 0.15) is 4.34 Å². The van der Waals surface area contributed by atoms with Crippen LogP contribution in [0.4, 0.5) is 5.95 Å². The fourth-order valence-corrected chi connectivity index (χ4v) is 4.27. The molecular formula is C16H24IN7S2. The number of guanidine groups is 1. The molecule has 1 fully saturated rings. The maximum atomic E-state index is 4.42. The van der Waals surface area contributed by atoms with Gasteiger partial charge in [-0.05, 0) is 12.5 Å². The van der Waals surface area contributed by atoms with E-state index in [1.807, 2.05) is 36.5 Å². The number of hydrogen-bond acceptors (Lipinski definition) is 7. The van der Waals surface area contributed by atoms with Crippen molar-refractivity contribution < 1.29 is 0 Å². The van der Waals surface area contributed by atoms with Crippen LogP contribution in [0.25, 0.3) is 0 Å². The third-order valence-electron chi connectivity index (χ3n) is 3.87. The largest absolute Gasteiger partial charge is 0.356 e. The third kappa shape index (κ3) is 6.23. The van der Waals surface area contributed by atoms with E-state index in [1.54, 1.807) is 23.7 Å². The number of anilines is 1. The van der Waals surface area contributed by atoms with Gasteiger partial charge in [0.05, 0.1) is 0 Å². The van der Waals surface area contributed by atoms with Crippen molar-refractivity contribution >= 4 is 59.0 Å². The number of nitrogens with zero attached hydrogens (tertiary/aromatic N) is 6. The van der Waals surface area contributed by atoms with E-state index in [-0.39, 0.29) is 24.0 Å². The Morgan fingerprint density at radius 2 is 1.96 bits per heavy atom. The molecule has 1 aliphatic heterocycles. The van der Waals surface area contributed by atoms with Crippen molar-refractivity contribution in [3.05, 3.63) is 30.0 Å². The van der Waals surface area contributed by atoms with Crippen LogP contribution in [-0.4, -0.2) is 71.3 Å². The smallest absolute Gasteiger partial charge is 0.225 e. The Bertz CT molecular complexity index is 646. The van der Waals surface area contributed by atoms with E-state index in [9.17, 15) is 0 Å². The second-order valence-corrected chi connectivity index (χ2v) is 7.73. The van der Waals surface area contributed by atoms with E-state index in [2.05, 4.69) is 35.1 Å². The number of aliphatic imine (C=N–C) groups is 1. The maximum Gasteiger partial charge on any atom is 0.225 e. The molecule has 3 heterocycles. The number of aromatic nitrogens is 3. The number of piperazine rings is 1. The zero-order valence-electron chi connectivity index (χ0n) is 14.7. The molecule has 0 atom stereocenters. The Labute approximate surface area is 179 Å². The lowest BCUT2D eigenvalue weighted by molar-refractivity contribution is 0.370. The number of thioether (sulfide) groups is 1. The van der Waals surface area contributed by atoms with Gasteiger partial charge in [0.2, 0.25) is 5.95 Å². The summed E-state index contributed by atoms with van der Waals surface area (Å²) < 4.78 is 1.14. The van der Waals surface area contributed by atoms with Crippen LogP contribution in [0.5, 0.6) is 0 Å². The molecule has 1 saturated heterocycles. The van der Waals surface area contributed by atoms with Crippen molar-refractivity contribution in [2.45, 2.75) is 10.8 Å². The second kappa shape index (κ2) is 11.5. The van der Waals surface area contributed by atoms with Gasteiger partial charge >= 0.3 is 0 Å². The Hall–Kier alpha value is -1.14. The molecule has 0 spiro atoms. The van der Waals surface area contributed by atoms with Gasteiger partial charge in [-0.3, -0.25) is 4.99 Å². The van der Waals surface area contributed by atoms with Crippen molar-refractivity contribution in [1.29, 1.82) is 0 Å². The molecule has 26 heavy (non-hydrogen) atoms. The molecule has 0 aromatic carbocycles. The molecule has 3 rings (SSSR count). The monoisotopic (exact) mass is 505 g/mol. The molecule has 0 aliphatic carbocycles. The van der Waals surface area contributed by atoms with Crippen molar-refractivity contribution in [2.24, 2.45) is 4.99 Å². The minimum atomic E-state index is 0. The van der Waals surface area contributed by atoms with E-state index in [0.29, 0.717) is 0 Å². The Kier molecular flexibility index (Phi) is 9.40. The van der Waals surface area contributed by atoms with Crippen LogP contribution in [0.15, 0.2) is 39.4 Å². The number of rotatable bonds is 6. The van der Waals surface area contributed by atoms with Crippen molar-refractivity contribution in [2.75, 3.05) is 50.4 Å². The van der Waals surface area contributed by atoms with Gasteiger partial charge in [0.15, 0.2) is 5.96 Å². The van der Waals surface area contributed by atoms with Crippen LogP contribution in [-0.2, 0) is 0 Å². The summed E-state index contributed by atoms with van der Waals surface area (Å²) in [6.07, 6.45) is 6.52. The number of nitrogens with one attached hydrogen (secondary N) is 1. The maximum absolute atomic E-state index is 4.42. The highest BCUT2D eigenvalue weighted by Crippen LogP contribution is 2.20. The third-order valence-corrected chi connectivity index (χ3v) is 5.92. The van der Waals surface area contributed by atoms with Crippen LogP contribution < -0.4 is 10.2 Å². The molecule has 2 aromatic rings. The van der Waals surface area contributed by atoms with Crippen LogP contribution in [0.3, 0.4) is 0 Å². The van der Waals surface area contributed by atoms with Gasteiger partial charge < -0.3 is 15.1 Å². The summed E-state index contributed by atoms with van der Waals surface area (Å²) in [5, 5.41) is 5.49. The van der Waals surface area contributed by atoms with E-state index in [1.165, 1.54) is 0 Å². The molecule has 1 N–H and O–H groups in total. The molecule has 0 radical (unpaired) electrons. The topological polar surface area (TPSA) is 69.5 Å². The summed E-state index contributed by atoms with van der Waals surface area (Å²) in [4.78, 5) is 21.9. The van der Waals surface area contributed by atoms with Gasteiger partial charge in [-0.2, -0.15) is 0 Å². The molecule has 0 amide bonds. The predicted molar refractivity (Wildman–Crippen MR) is 120 cm³/mol. The molecule has 2 aromatic heterocycles. The first kappa shape index (κ1) is 21.2. The van der Waals surface area contributed by atoms with Crippen molar-refractivity contribution in [3.63, 3.8) is 0 Å². The summed E-state index contributed by atoms with van der Waals surface area (Å²) in [7, 11) is 1.85. The lowest BCUT2D eigenvalue weighted by Gasteiger charge is -2.36. The summed E-state index contributed by atoms with van der Waals surface area (Å²) in [6, 6.07) is 1.85. The van der Waals surface area contributed by atoms with Crippen molar-refractivity contribution in [3.8, 4) is 0 Å². The van der Waals surface area contributed by atoms with Crippen LogP contribution >= 0.6 is 47.1 Å². The molecule has 7 nitrogen and oxygen atoms in total. The van der Waals surface area contributed by atoms with Gasteiger partial charge in [0, 0.05) is 69.5 Å². The molecule has 0 bridgehead atoms. The molecule has 142 valence electrons. The summed E-state index contributed by atoms with van der Waals surface area (Å²) in [5.41, 5.74) is 0. The van der Waals surface area contributed by atoms with Gasteiger partial charge in [-0.25, -0.2) is 15.0 Å². The molecule has 1 aliphatic rings. The van der Waals surface area contributed by atoms with Gasteiger partial charge in [-0.1, -0.05) is 11.8 Å². The van der Waals surface area contributed by atoms with E-state index >= 15 is 0 Å². The number of halogens is 1. The Morgan fingerprint density at radius 1 is 1.19 bits per heavy atom. The lowest BCUT2D eigenvalue weighted by Crippen LogP contribution is -2.53. The van der Waals surface area contributed by atoms with Gasteiger partial charge in [-0.15, -0.1) is 35.3 Å². The lowest BCUT2D eigenvalue weighted by atomic mass is 10.3. The quantitative estimate of drug-likeness (QED) is 0.213. The fourth-order valence-electron chi connectivity index (χ4n) is 2.62. The normalized spacial score (nSPS) is 14.9. The summed E-state index contributed by atoms with van der Waals surface area (Å²) >= 11 is 3.51. The van der Waals surface area contributed by atoms with Gasteiger partial charge in [0.25, 0.3) is 0 Å². The average molecular weight is 505 g/mol.